The molecule has 3 aromatic rings. The Bertz CT molecular complexity index is 1190. The molecule has 1 amide bonds. The van der Waals surface area contributed by atoms with Gasteiger partial charge in [-0.2, -0.15) is 0 Å². The van der Waals surface area contributed by atoms with Crippen LogP contribution in [0.2, 0.25) is 0 Å². The number of rotatable bonds is 5. The standard InChI is InChI=1S/C24H26N4O3/c1-13-18(20-21(27-24(2)8-9-24)25-12-26-22(20)31-13)23(29)28-10-15-16(11-28)19(15)14-6-4-5-7-17(14)30-3/h4-7,12,15-16,19H,8-11H2,1-3H3,(H,25,26,27)/t15-,16+,19+. The second-order valence-corrected chi connectivity index (χ2v) is 9.43. The molecule has 2 saturated carbocycles. The number of hydrogen-bond acceptors (Lipinski definition) is 6. The van der Waals surface area contributed by atoms with E-state index in [4.69, 9.17) is 9.15 Å². The first-order valence-electron chi connectivity index (χ1n) is 10.9. The first-order chi connectivity index (χ1) is 15.0. The van der Waals surface area contributed by atoms with Crippen molar-refractivity contribution < 1.29 is 13.9 Å². The number of methoxy groups -OCH3 is 1. The number of amides is 1. The number of hydrogen-bond donors (Lipinski definition) is 1. The number of ether oxygens (including phenoxy) is 1. The van der Waals surface area contributed by atoms with Crippen LogP contribution >= 0.6 is 0 Å². The van der Waals surface area contributed by atoms with E-state index >= 15 is 0 Å². The average molecular weight is 418 g/mol. The fourth-order valence-corrected chi connectivity index (χ4v) is 5.25. The largest absolute Gasteiger partial charge is 0.496 e. The number of aryl methyl sites for hydroxylation is 1. The quantitative estimate of drug-likeness (QED) is 0.675. The Hall–Kier alpha value is -3.09. The second-order valence-electron chi connectivity index (χ2n) is 9.43. The van der Waals surface area contributed by atoms with Crippen LogP contribution in [0.4, 0.5) is 5.82 Å². The Morgan fingerprint density at radius 3 is 2.68 bits per heavy atom. The topological polar surface area (TPSA) is 80.5 Å². The van der Waals surface area contributed by atoms with Crippen molar-refractivity contribution in [3.63, 3.8) is 0 Å². The second kappa shape index (κ2) is 6.45. The summed E-state index contributed by atoms with van der Waals surface area (Å²) in [5, 5.41) is 4.21. The summed E-state index contributed by atoms with van der Waals surface area (Å²) < 4.78 is 11.4. The molecule has 7 heteroatoms. The smallest absolute Gasteiger partial charge is 0.258 e. The summed E-state index contributed by atoms with van der Waals surface area (Å²) in [6.45, 7) is 5.52. The third kappa shape index (κ3) is 2.90. The Kier molecular flexibility index (Phi) is 3.88. The van der Waals surface area contributed by atoms with E-state index in [1.165, 1.54) is 11.9 Å². The highest BCUT2D eigenvalue weighted by molar-refractivity contribution is 6.10. The molecular formula is C24H26N4O3. The van der Waals surface area contributed by atoms with Crippen LogP contribution in [0, 0.1) is 18.8 Å². The molecule has 2 aliphatic carbocycles. The zero-order valence-corrected chi connectivity index (χ0v) is 18.0. The monoisotopic (exact) mass is 418 g/mol. The van der Waals surface area contributed by atoms with E-state index in [1.807, 2.05) is 24.0 Å². The van der Waals surface area contributed by atoms with E-state index in [9.17, 15) is 4.79 Å². The number of piperidine rings is 1. The lowest BCUT2D eigenvalue weighted by atomic mass is 10.0. The molecule has 0 unspecified atom stereocenters. The number of carbonyl (C=O) groups is 1. The van der Waals surface area contributed by atoms with Gasteiger partial charge in [0.05, 0.1) is 18.1 Å². The van der Waals surface area contributed by atoms with Crippen LogP contribution in [0.3, 0.4) is 0 Å². The first kappa shape index (κ1) is 18.7. The van der Waals surface area contributed by atoms with Gasteiger partial charge in [0.15, 0.2) is 0 Å². The minimum atomic E-state index is 0.0148. The summed E-state index contributed by atoms with van der Waals surface area (Å²) in [4.78, 5) is 24.3. The highest BCUT2D eigenvalue weighted by Crippen LogP contribution is 2.60. The van der Waals surface area contributed by atoms with Gasteiger partial charge in [-0.3, -0.25) is 4.79 Å². The highest BCUT2D eigenvalue weighted by atomic mass is 16.5. The van der Waals surface area contributed by atoms with Gasteiger partial charge in [-0.25, -0.2) is 9.97 Å². The number of nitrogens with one attached hydrogen (secondary N) is 1. The molecule has 2 aromatic heterocycles. The highest BCUT2D eigenvalue weighted by Gasteiger charge is 2.58. The molecule has 3 heterocycles. The molecule has 3 fully saturated rings. The van der Waals surface area contributed by atoms with Gasteiger partial charge in [0.1, 0.15) is 23.7 Å². The van der Waals surface area contributed by atoms with E-state index in [-0.39, 0.29) is 11.4 Å². The van der Waals surface area contributed by atoms with Crippen LogP contribution < -0.4 is 10.1 Å². The predicted octanol–water partition coefficient (Wildman–Crippen LogP) is 3.99. The van der Waals surface area contributed by atoms with Gasteiger partial charge >= 0.3 is 0 Å². The molecular weight excluding hydrogens is 392 g/mol. The zero-order valence-electron chi connectivity index (χ0n) is 18.0. The van der Waals surface area contributed by atoms with Crippen molar-refractivity contribution in [1.82, 2.24) is 14.9 Å². The maximum atomic E-state index is 13.6. The number of carbonyl (C=O) groups excluding carboxylic acids is 1. The third-order valence-corrected chi connectivity index (χ3v) is 7.28. The SMILES string of the molecule is COc1ccccc1[C@H]1[C@@H]2CN(C(=O)c3c(C)oc4ncnc(NC5(C)CC5)c34)C[C@@H]21. The maximum absolute atomic E-state index is 13.6. The van der Waals surface area contributed by atoms with Crippen molar-refractivity contribution in [3.05, 3.63) is 47.5 Å². The van der Waals surface area contributed by atoms with Crippen molar-refractivity contribution in [3.8, 4) is 5.75 Å². The molecule has 0 radical (unpaired) electrons. The normalized spacial score (nSPS) is 25.4. The number of likely N-dealkylation sites (tertiary alicyclic amines) is 1. The van der Waals surface area contributed by atoms with Crippen molar-refractivity contribution in [1.29, 1.82) is 0 Å². The summed E-state index contributed by atoms with van der Waals surface area (Å²) >= 11 is 0. The summed E-state index contributed by atoms with van der Waals surface area (Å²) in [6.07, 6.45) is 3.69. The number of benzene rings is 1. The maximum Gasteiger partial charge on any atom is 0.258 e. The lowest BCUT2D eigenvalue weighted by molar-refractivity contribution is 0.0772. The Morgan fingerprint density at radius 1 is 1.23 bits per heavy atom. The first-order valence-corrected chi connectivity index (χ1v) is 10.9. The van der Waals surface area contributed by atoms with Gasteiger partial charge in [0.25, 0.3) is 5.91 Å². The van der Waals surface area contributed by atoms with Crippen molar-refractivity contribution in [2.24, 2.45) is 11.8 Å². The van der Waals surface area contributed by atoms with Gasteiger partial charge in [0.2, 0.25) is 5.71 Å². The molecule has 3 aliphatic rings. The lowest BCUT2D eigenvalue weighted by Gasteiger charge is -2.21. The van der Waals surface area contributed by atoms with E-state index in [2.05, 4.69) is 34.3 Å². The van der Waals surface area contributed by atoms with Crippen LogP contribution in [-0.2, 0) is 0 Å². The molecule has 1 aromatic carbocycles. The molecule has 31 heavy (non-hydrogen) atoms. The number of furan rings is 1. The summed E-state index contributed by atoms with van der Waals surface area (Å²) in [7, 11) is 1.72. The van der Waals surface area contributed by atoms with Gasteiger partial charge < -0.3 is 19.4 Å². The fourth-order valence-electron chi connectivity index (χ4n) is 5.25. The van der Waals surface area contributed by atoms with Crippen LogP contribution in [0.1, 0.15) is 47.4 Å². The number of para-hydroxylation sites is 1. The van der Waals surface area contributed by atoms with E-state index in [0.29, 0.717) is 46.0 Å². The number of nitrogens with zero attached hydrogens (tertiary/aromatic N) is 3. The fraction of sp³-hybridized carbons (Fsp3) is 0.458. The minimum Gasteiger partial charge on any atom is -0.496 e. The lowest BCUT2D eigenvalue weighted by Crippen LogP contribution is -2.31. The molecule has 0 bridgehead atoms. The predicted molar refractivity (Wildman–Crippen MR) is 116 cm³/mol. The third-order valence-electron chi connectivity index (χ3n) is 7.28. The van der Waals surface area contributed by atoms with E-state index < -0.39 is 0 Å². The molecule has 160 valence electrons. The number of anilines is 1. The molecule has 1 aliphatic heterocycles. The summed E-state index contributed by atoms with van der Waals surface area (Å²) in [5.41, 5.74) is 2.37. The molecule has 6 rings (SSSR count). The zero-order chi connectivity index (χ0) is 21.3. The number of fused-ring (bicyclic) bond motifs is 2. The van der Waals surface area contributed by atoms with Crippen LogP contribution in [0.15, 0.2) is 35.0 Å². The molecule has 1 N–H and O–H groups in total. The summed E-state index contributed by atoms with van der Waals surface area (Å²) in [5.74, 6) is 3.69. The van der Waals surface area contributed by atoms with Crippen molar-refractivity contribution >= 4 is 22.8 Å². The van der Waals surface area contributed by atoms with Crippen molar-refractivity contribution in [2.75, 3.05) is 25.5 Å². The van der Waals surface area contributed by atoms with Gasteiger partial charge in [-0.1, -0.05) is 18.2 Å². The number of aromatic nitrogens is 2. The Balaban J connectivity index is 1.27. The molecule has 1 saturated heterocycles. The Labute approximate surface area is 180 Å². The van der Waals surface area contributed by atoms with Crippen molar-refractivity contribution in [2.45, 2.75) is 38.1 Å². The van der Waals surface area contributed by atoms with Gasteiger partial charge in [-0.15, -0.1) is 0 Å². The van der Waals surface area contributed by atoms with Crippen LogP contribution in [0.25, 0.3) is 11.1 Å². The minimum absolute atomic E-state index is 0.0148. The van der Waals surface area contributed by atoms with E-state index in [1.54, 1.807) is 7.11 Å². The average Bonchev–Trinajstić information content (AvgIpc) is 3.55. The molecule has 0 spiro atoms. The Morgan fingerprint density at radius 2 is 1.97 bits per heavy atom. The molecule has 7 nitrogen and oxygen atoms in total. The van der Waals surface area contributed by atoms with Gasteiger partial charge in [0, 0.05) is 18.6 Å². The van der Waals surface area contributed by atoms with Crippen LogP contribution in [0.5, 0.6) is 5.75 Å². The van der Waals surface area contributed by atoms with Gasteiger partial charge in [-0.05, 0) is 56.1 Å². The molecule has 3 atom stereocenters. The van der Waals surface area contributed by atoms with Crippen LogP contribution in [-0.4, -0.2) is 46.5 Å². The van der Waals surface area contributed by atoms with E-state index in [0.717, 1.165) is 31.7 Å². The summed E-state index contributed by atoms with van der Waals surface area (Å²) in [6, 6.07) is 8.22.